The minimum absolute atomic E-state index is 0.0119. The van der Waals surface area contributed by atoms with Crippen LogP contribution in [-0.4, -0.2) is 62.8 Å². The summed E-state index contributed by atoms with van der Waals surface area (Å²) >= 11 is 12.8. The fourth-order valence-corrected chi connectivity index (χ4v) is 12.1. The molecule has 2 aliphatic carbocycles. The van der Waals surface area contributed by atoms with Crippen molar-refractivity contribution >= 4 is 69.5 Å². The van der Waals surface area contributed by atoms with Crippen LogP contribution in [0.4, 0.5) is 10.1 Å². The van der Waals surface area contributed by atoms with Gasteiger partial charge in [-0.1, -0.05) is 73.2 Å². The molecule has 4 fully saturated rings. The van der Waals surface area contributed by atoms with Gasteiger partial charge in [-0.3, -0.25) is 43.7 Å². The minimum Gasteiger partial charge on any atom is -0.356 e. The van der Waals surface area contributed by atoms with Crippen LogP contribution in [0.1, 0.15) is 119 Å². The molecule has 4 aromatic rings. The number of carbonyl (C=O) groups excluding carboxylic acids is 5. The molecule has 2 spiro atoms. The number of anilines is 1. The van der Waals surface area contributed by atoms with Gasteiger partial charge in [-0.15, -0.1) is 0 Å². The molecular formula is C48H54Cl2FN7O6. The molecule has 9 rings (SSSR count). The van der Waals surface area contributed by atoms with E-state index < -0.39 is 40.7 Å². The summed E-state index contributed by atoms with van der Waals surface area (Å²) in [5.74, 6) is -3.08. The van der Waals surface area contributed by atoms with Gasteiger partial charge in [-0.25, -0.2) is 9.18 Å². The van der Waals surface area contributed by atoms with Gasteiger partial charge < -0.3 is 16.0 Å². The van der Waals surface area contributed by atoms with Crippen LogP contribution in [0.25, 0.3) is 11.0 Å². The quantitative estimate of drug-likeness (QED) is 0.0832. The number of piperidine rings is 1. The zero-order valence-electron chi connectivity index (χ0n) is 35.9. The number of imidazole rings is 1. The lowest BCUT2D eigenvalue weighted by atomic mass is 9.55. The molecule has 3 aromatic carbocycles. The average Bonchev–Trinajstić information content (AvgIpc) is 3.83. The lowest BCUT2D eigenvalue weighted by Crippen LogP contribution is -2.60. The molecule has 1 unspecified atom stereocenters. The number of fused-ring (bicyclic) bond motifs is 4. The molecule has 0 radical (unpaired) electrons. The van der Waals surface area contributed by atoms with Gasteiger partial charge in [-0.2, -0.15) is 0 Å². The Kier molecular flexibility index (Phi) is 12.2. The van der Waals surface area contributed by atoms with Gasteiger partial charge in [0.15, 0.2) is 0 Å². The Balaban J connectivity index is 0.797. The third kappa shape index (κ3) is 7.62. The smallest absolute Gasteiger partial charge is 0.329 e. The second-order valence-corrected chi connectivity index (χ2v) is 19.3. The number of amides is 5. The summed E-state index contributed by atoms with van der Waals surface area (Å²) in [6.45, 7) is 0.555. The second-order valence-electron chi connectivity index (χ2n) is 18.5. The predicted octanol–water partition coefficient (Wildman–Crippen LogP) is 6.62. The van der Waals surface area contributed by atoms with Crippen LogP contribution >= 0.6 is 23.2 Å². The summed E-state index contributed by atoms with van der Waals surface area (Å²) in [6, 6.07) is 14.1. The third-order valence-electron chi connectivity index (χ3n) is 14.9. The molecule has 0 bridgehead atoms. The first-order valence-electron chi connectivity index (χ1n) is 22.8. The summed E-state index contributed by atoms with van der Waals surface area (Å²) in [7, 11) is 1.69. The number of benzene rings is 3. The molecule has 5 aliphatic rings. The number of hydrogen-bond acceptors (Lipinski definition) is 7. The number of carbonyl (C=O) groups is 5. The summed E-state index contributed by atoms with van der Waals surface area (Å²) < 4.78 is 19.3. The van der Waals surface area contributed by atoms with Gasteiger partial charge >= 0.3 is 5.69 Å². The van der Waals surface area contributed by atoms with Crippen molar-refractivity contribution in [2.24, 2.45) is 13.0 Å². The van der Waals surface area contributed by atoms with E-state index in [1.807, 2.05) is 24.3 Å². The number of nitrogens with one attached hydrogen (secondary N) is 5. The Hall–Kier alpha value is -5.05. The van der Waals surface area contributed by atoms with E-state index in [4.69, 9.17) is 23.2 Å². The molecule has 16 heteroatoms. The number of halogens is 3. The fraction of sp³-hybridized carbons (Fsp3) is 0.500. The Morgan fingerprint density at radius 3 is 2.41 bits per heavy atom. The molecule has 4 heterocycles. The number of unbranched alkanes of at least 4 members (excludes halogenated alkanes) is 2. The SMILES string of the molecule is Cn1c(=O)n(C2CCC(=O)NC2=O)c2ccc(CCCCCNC(=O)[C@H]3CC[C@H](NC(=O)[C@@H]4NC5(CCCCC5)[C@@]5(C(=O)Nc6cc(Cl)ccc65)[C@H]4c4cccc(Cl)c4F)CC3)cc21. The molecule has 64 heavy (non-hydrogen) atoms. The van der Waals surface area contributed by atoms with Crippen molar-refractivity contribution in [3.05, 3.63) is 97.6 Å². The van der Waals surface area contributed by atoms with Gasteiger partial charge in [0.05, 0.1) is 22.1 Å². The third-order valence-corrected chi connectivity index (χ3v) is 15.4. The Bertz CT molecular complexity index is 2600. The van der Waals surface area contributed by atoms with E-state index in [9.17, 15) is 28.8 Å². The van der Waals surface area contributed by atoms with E-state index in [0.717, 1.165) is 56.0 Å². The largest absolute Gasteiger partial charge is 0.356 e. The molecule has 2 saturated carbocycles. The maximum Gasteiger partial charge on any atom is 0.329 e. The van der Waals surface area contributed by atoms with Gasteiger partial charge in [-0.05, 0) is 111 Å². The van der Waals surface area contributed by atoms with Crippen LogP contribution in [0.15, 0.2) is 59.4 Å². The van der Waals surface area contributed by atoms with Crippen molar-refractivity contribution in [2.75, 3.05) is 11.9 Å². The number of aryl methyl sites for hydroxylation is 2. The Morgan fingerprint density at radius 2 is 1.64 bits per heavy atom. The number of aromatic nitrogens is 2. The van der Waals surface area contributed by atoms with Crippen molar-refractivity contribution in [3.8, 4) is 0 Å². The zero-order chi connectivity index (χ0) is 44.9. The summed E-state index contributed by atoms with van der Waals surface area (Å²) in [6.07, 6.45) is 10.3. The minimum atomic E-state index is -1.31. The first-order valence-corrected chi connectivity index (χ1v) is 23.5. The van der Waals surface area contributed by atoms with Gasteiger partial charge in [0.25, 0.3) is 0 Å². The molecule has 5 amide bonds. The summed E-state index contributed by atoms with van der Waals surface area (Å²) in [4.78, 5) is 79.9. The molecular weight excluding hydrogens is 860 g/mol. The van der Waals surface area contributed by atoms with Crippen molar-refractivity contribution in [2.45, 2.75) is 131 Å². The number of rotatable bonds is 11. The van der Waals surface area contributed by atoms with E-state index in [2.05, 4.69) is 26.6 Å². The monoisotopic (exact) mass is 913 g/mol. The molecule has 4 atom stereocenters. The van der Waals surface area contributed by atoms with E-state index in [1.165, 1.54) is 10.6 Å². The zero-order valence-corrected chi connectivity index (χ0v) is 37.4. The fourth-order valence-electron chi connectivity index (χ4n) is 11.8. The first kappa shape index (κ1) is 44.2. The highest BCUT2D eigenvalue weighted by molar-refractivity contribution is 6.31. The normalized spacial score (nSPS) is 26.2. The van der Waals surface area contributed by atoms with E-state index in [0.29, 0.717) is 66.9 Å². The molecule has 338 valence electrons. The van der Waals surface area contributed by atoms with Gasteiger partial charge in [0, 0.05) is 54.1 Å². The Morgan fingerprint density at radius 1 is 0.859 bits per heavy atom. The predicted molar refractivity (Wildman–Crippen MR) is 242 cm³/mol. The van der Waals surface area contributed by atoms with Crippen molar-refractivity contribution < 1.29 is 28.4 Å². The summed E-state index contributed by atoms with van der Waals surface area (Å²) in [5, 5.41) is 15.9. The standard InChI is InChI=1S/C48H54Cl2FN7O6/c1-57-37-25-27(12-19-35(37)58(46(57)64)36-20-21-38(59)55-43(36)61)9-4-2-7-24-52-42(60)28-13-16-30(17-14-28)53-44(62)41-39(31-10-8-11-33(50)40(31)51)48(47(56-41)22-5-3-6-23-47)32-18-15-29(49)26-34(32)54-45(48)63/h8,10-12,15,18-19,25-26,28,30,36,39,41,56H,2-7,9,13-14,16-17,20-24H2,1H3,(H,52,60)(H,53,62)(H,54,63)(H,55,59,61)/t28-,30-,36?,39-,41+,48+/m0/s1. The van der Waals surface area contributed by atoms with Crippen molar-refractivity contribution in [1.82, 2.24) is 30.4 Å². The molecule has 5 N–H and O–H groups in total. The number of imide groups is 1. The molecule has 2 saturated heterocycles. The van der Waals surface area contributed by atoms with E-state index in [-0.39, 0.29) is 64.7 Å². The van der Waals surface area contributed by atoms with Crippen molar-refractivity contribution in [1.29, 1.82) is 0 Å². The molecule has 1 aromatic heterocycles. The van der Waals surface area contributed by atoms with Crippen LogP contribution < -0.4 is 32.3 Å². The maximum atomic E-state index is 16.3. The van der Waals surface area contributed by atoms with Crippen molar-refractivity contribution in [3.63, 3.8) is 0 Å². The Labute approximate surface area is 380 Å². The number of hydrogen-bond donors (Lipinski definition) is 5. The lowest BCUT2D eigenvalue weighted by Gasteiger charge is -2.47. The summed E-state index contributed by atoms with van der Waals surface area (Å²) in [5.41, 5.74) is 1.53. The van der Waals surface area contributed by atoms with Gasteiger partial charge in [0.1, 0.15) is 17.3 Å². The van der Waals surface area contributed by atoms with E-state index in [1.54, 1.807) is 35.9 Å². The van der Waals surface area contributed by atoms with Crippen LogP contribution in [0, 0.1) is 11.7 Å². The maximum absolute atomic E-state index is 16.3. The van der Waals surface area contributed by atoms with E-state index >= 15 is 4.39 Å². The highest BCUT2D eigenvalue weighted by Crippen LogP contribution is 2.63. The van der Waals surface area contributed by atoms with Crippen LogP contribution in [-0.2, 0) is 42.9 Å². The first-order chi connectivity index (χ1) is 30.8. The van der Waals surface area contributed by atoms with Gasteiger partial charge in [0.2, 0.25) is 29.5 Å². The highest BCUT2D eigenvalue weighted by atomic mass is 35.5. The average molecular weight is 915 g/mol. The van der Waals surface area contributed by atoms with Crippen LogP contribution in [0.3, 0.4) is 0 Å². The lowest BCUT2D eigenvalue weighted by molar-refractivity contribution is -0.136. The second kappa shape index (κ2) is 17.7. The highest BCUT2D eigenvalue weighted by Gasteiger charge is 2.72. The topological polar surface area (TPSA) is 172 Å². The number of nitrogens with zero attached hydrogens (tertiary/aromatic N) is 2. The molecule has 3 aliphatic heterocycles. The van der Waals surface area contributed by atoms with Crippen LogP contribution in [0.2, 0.25) is 10.0 Å². The molecule has 13 nitrogen and oxygen atoms in total. The van der Waals surface area contributed by atoms with Crippen LogP contribution in [0.5, 0.6) is 0 Å².